The lowest BCUT2D eigenvalue weighted by Gasteiger charge is -2.29. The largest absolute Gasteiger partial charge is 0.756 e. The molecule has 3 amide bonds. The summed E-state index contributed by atoms with van der Waals surface area (Å²) in [5, 5.41) is 24.5. The number of aryl methyl sites for hydroxylation is 3. The van der Waals surface area contributed by atoms with E-state index in [4.69, 9.17) is 18.5 Å². The Hall–Kier alpha value is -11.3. The number of phosphoric acid groups is 1. The predicted octanol–water partition coefficient (Wildman–Crippen LogP) is 11.7. The molecular formula is C90H95N12O13PS3+2. The van der Waals surface area contributed by atoms with Gasteiger partial charge in [-0.1, -0.05) is 145 Å². The van der Waals surface area contributed by atoms with Gasteiger partial charge >= 0.3 is 11.7 Å². The van der Waals surface area contributed by atoms with Crippen LogP contribution in [0.4, 0.5) is 17.1 Å². The molecular weight excluding hydrogens is 1580 g/mol. The molecule has 0 aliphatic carbocycles. The predicted molar refractivity (Wildman–Crippen MR) is 467 cm³/mol. The van der Waals surface area contributed by atoms with Crippen LogP contribution in [-0.4, -0.2) is 133 Å². The molecule has 0 spiro atoms. The monoisotopic (exact) mass is 1680 g/mol. The minimum absolute atomic E-state index is 0.0478. The van der Waals surface area contributed by atoms with Crippen LogP contribution in [0.1, 0.15) is 62.6 Å². The number of para-hydroxylation sites is 6. The van der Waals surface area contributed by atoms with Gasteiger partial charge in [0.05, 0.1) is 78.8 Å². The molecule has 14 rings (SSSR count). The van der Waals surface area contributed by atoms with E-state index in [1.165, 1.54) is 23.2 Å². The van der Waals surface area contributed by atoms with Crippen LogP contribution in [0.3, 0.4) is 0 Å². The van der Waals surface area contributed by atoms with Gasteiger partial charge in [-0.3, -0.25) is 43.0 Å². The number of pyridine rings is 3. The van der Waals surface area contributed by atoms with Crippen molar-refractivity contribution < 1.29 is 66.0 Å². The van der Waals surface area contributed by atoms with Crippen LogP contribution in [0.2, 0.25) is 0 Å². The van der Waals surface area contributed by atoms with Crippen molar-refractivity contribution in [3.05, 3.63) is 289 Å². The molecule has 4 aromatic heterocycles. The molecule has 4 aliphatic heterocycles. The quantitative estimate of drug-likeness (QED) is 0.0153. The Balaban J connectivity index is 0.000000381. The minimum atomic E-state index is -4.79. The molecule has 6 aromatic carbocycles. The Morgan fingerprint density at radius 1 is 0.571 bits per heavy atom. The Bertz CT molecular complexity index is 5660. The number of benzene rings is 6. The van der Waals surface area contributed by atoms with E-state index in [9.17, 15) is 43.3 Å². The van der Waals surface area contributed by atoms with E-state index in [0.717, 1.165) is 96.0 Å². The summed E-state index contributed by atoms with van der Waals surface area (Å²) < 4.78 is 42.3. The van der Waals surface area contributed by atoms with Gasteiger partial charge in [0.25, 0.3) is 13.4 Å². The lowest BCUT2D eigenvalue weighted by molar-refractivity contribution is -0.645. The fourth-order valence-electron chi connectivity index (χ4n) is 14.2. The number of aromatic amines is 1. The summed E-state index contributed by atoms with van der Waals surface area (Å²) in [6.07, 6.45) is 24.0. The van der Waals surface area contributed by atoms with Gasteiger partial charge in [0.2, 0.25) is 34.3 Å². The molecule has 0 saturated carbocycles. The number of H-pyrrole nitrogens is 1. The summed E-state index contributed by atoms with van der Waals surface area (Å²) in [5.74, 6) is -1.78. The first-order chi connectivity index (χ1) is 57.5. The standard InChI is InChI=1S/C68H75N10O11PS2.C22H18N2O2S/c1-46(2)86-45-58-57(89-90(84,85)88-47(3)4)41-64(87-58)78-42-50(67(82)72-68(78)83)29-30-61(79)69-33-38-75(39-34-70-62(80)43-76-55-23-11-13-25-59(55)91-65(76)27-15-17-48-31-36-73(5)53-21-9-7-19-51(48)53)40-35-71-63(81)44-77-56-24-12-14-26-60(56)92-66(77)28-16-18-49-32-37-74(6)54-22-10-8-20-52(49)54;1-23-14-13-16(17-8-2-3-9-18(17)23)7-6-12-21-24(15-22(25)26)19-10-4-5-11-20(19)27-21/h7-32,36-37,42,46-47,57-58,64H,33-35,38-41,43-45H2,1-6H3,(H3-2,69,70,71,72,79,80,81,82,83,84,85);2-14H,15H2,1H3/p+2/b30-29+;. The summed E-state index contributed by atoms with van der Waals surface area (Å²) in [6.45, 7) is 8.42. The average Bonchev–Trinajstić information content (AvgIpc) is 1.68. The molecule has 1 fully saturated rings. The first kappa shape index (κ1) is 85.6. The highest BCUT2D eigenvalue weighted by molar-refractivity contribution is 8.04. The maximum Gasteiger partial charge on any atom is 0.330 e. The van der Waals surface area contributed by atoms with Gasteiger partial charge in [0.1, 0.15) is 53.1 Å². The lowest BCUT2D eigenvalue weighted by atomic mass is 10.1. The van der Waals surface area contributed by atoms with E-state index >= 15 is 0 Å². The van der Waals surface area contributed by atoms with Crippen LogP contribution >= 0.6 is 43.1 Å². The first-order valence-corrected chi connectivity index (χ1v) is 43.0. The van der Waals surface area contributed by atoms with E-state index in [1.807, 2.05) is 205 Å². The molecule has 1 saturated heterocycles. The molecule has 4 atom stereocenters. The Morgan fingerprint density at radius 3 is 1.41 bits per heavy atom. The van der Waals surface area contributed by atoms with Crippen LogP contribution in [0.25, 0.3) is 57.0 Å². The number of allylic oxidation sites excluding steroid dienone is 6. The topological polar surface area (TPSA) is 281 Å². The van der Waals surface area contributed by atoms with Gasteiger partial charge in [-0.25, -0.2) is 18.5 Å². The van der Waals surface area contributed by atoms with E-state index < -0.39 is 55.5 Å². The number of carboxylic acid groups (broad SMARTS) is 1. The zero-order valence-electron chi connectivity index (χ0n) is 67.0. The Labute approximate surface area is 702 Å². The molecule has 10 aromatic rings. The molecule has 119 heavy (non-hydrogen) atoms. The number of carbonyl (C=O) groups excluding carboxylic acids is 3. The number of thioether (sulfide) groups is 3. The van der Waals surface area contributed by atoms with Crippen molar-refractivity contribution in [2.45, 2.75) is 79.4 Å². The van der Waals surface area contributed by atoms with E-state index in [1.54, 1.807) is 63.0 Å². The number of phosphoric ester groups is 1. The minimum Gasteiger partial charge on any atom is -0.756 e. The van der Waals surface area contributed by atoms with Crippen LogP contribution in [0.15, 0.2) is 270 Å². The molecule has 614 valence electrons. The molecule has 5 N–H and O–H groups in total. The summed E-state index contributed by atoms with van der Waals surface area (Å²) in [5.41, 5.74) is 7.84. The number of aromatic nitrogens is 5. The van der Waals surface area contributed by atoms with Gasteiger partial charge in [-0.05, 0) is 123 Å². The number of hydrogen-bond donors (Lipinski definition) is 5. The number of carbonyl (C=O) groups is 4. The zero-order chi connectivity index (χ0) is 83.7. The number of carboxylic acids is 1. The summed E-state index contributed by atoms with van der Waals surface area (Å²) in [6, 6.07) is 54.9. The highest BCUT2D eigenvalue weighted by Crippen LogP contribution is 2.49. The summed E-state index contributed by atoms with van der Waals surface area (Å²) in [4.78, 5) is 105. The fraction of sp³-hybridized carbons (Fsp3) is 0.256. The molecule has 8 heterocycles. The lowest BCUT2D eigenvalue weighted by Crippen LogP contribution is -2.45. The van der Waals surface area contributed by atoms with E-state index in [-0.39, 0.29) is 75.8 Å². The smallest absolute Gasteiger partial charge is 0.330 e. The number of ether oxygens (including phenoxy) is 2. The van der Waals surface area contributed by atoms with E-state index in [0.29, 0.717) is 19.6 Å². The number of nitrogens with one attached hydrogen (secondary N) is 4. The van der Waals surface area contributed by atoms with Crippen molar-refractivity contribution in [2.75, 3.05) is 80.2 Å². The molecule has 25 nitrogen and oxygen atoms in total. The molecule has 0 bridgehead atoms. The first-order valence-electron chi connectivity index (χ1n) is 39.1. The van der Waals surface area contributed by atoms with Crippen molar-refractivity contribution in [1.82, 2.24) is 30.4 Å². The maximum absolute atomic E-state index is 13.9. The van der Waals surface area contributed by atoms with Crippen LogP contribution in [-0.2, 0) is 63.4 Å². The summed E-state index contributed by atoms with van der Waals surface area (Å²) >= 11 is 4.79. The Kier molecular flexibility index (Phi) is 28.8. The van der Waals surface area contributed by atoms with Crippen molar-refractivity contribution in [3.63, 3.8) is 0 Å². The SMILES string of the molecule is CC(C)OCC1OC(n2cc(/C=C/C(=O)NCCN(CCNC(=O)CN3/C(=C/C=C/c4cc[n+](C)c5ccccc45)Sc4ccccc43)CCNC(=O)CN3/C(=C/C=C/c4cc[n+](C)c5ccccc45)Sc4ccccc43)c(=O)[nH]c2=O)CC1OP(=O)([O-])OC(C)C.C[n+]1ccc(/C=C/C=C2\Sc3ccccc3N2CC(=O)O)c2ccccc21. The third kappa shape index (κ3) is 22.2. The second-order valence-electron chi connectivity index (χ2n) is 29.1. The van der Waals surface area contributed by atoms with Crippen molar-refractivity contribution in [3.8, 4) is 0 Å². The highest BCUT2D eigenvalue weighted by Gasteiger charge is 2.41. The zero-order valence-corrected chi connectivity index (χ0v) is 70.4. The van der Waals surface area contributed by atoms with Gasteiger partial charge in [0.15, 0.2) is 18.6 Å². The number of nitrogens with zero attached hydrogens (tertiary/aromatic N) is 8. The molecule has 4 aliphatic rings. The highest BCUT2D eigenvalue weighted by atomic mass is 32.2. The van der Waals surface area contributed by atoms with Gasteiger partial charge < -0.3 is 59.2 Å². The second-order valence-corrected chi connectivity index (χ2v) is 33.6. The van der Waals surface area contributed by atoms with Crippen LogP contribution in [0, 0.1) is 0 Å². The number of amides is 3. The van der Waals surface area contributed by atoms with Crippen molar-refractivity contribution in [2.24, 2.45) is 21.1 Å². The summed E-state index contributed by atoms with van der Waals surface area (Å²) in [7, 11) is 1.30. The van der Waals surface area contributed by atoms with Crippen LogP contribution < -0.4 is 60.5 Å². The molecule has 29 heteroatoms. The van der Waals surface area contributed by atoms with Gasteiger partial charge in [-0.15, -0.1) is 0 Å². The number of rotatable bonds is 31. The maximum atomic E-state index is 13.9. The number of aliphatic carboxylic acids is 1. The van der Waals surface area contributed by atoms with E-state index in [2.05, 4.69) is 107 Å². The molecule has 4 unspecified atom stereocenters. The van der Waals surface area contributed by atoms with Crippen LogP contribution in [0.5, 0.6) is 0 Å². The second kappa shape index (κ2) is 40.0. The third-order valence-electron chi connectivity index (χ3n) is 19.9. The van der Waals surface area contributed by atoms with Crippen molar-refractivity contribution in [1.29, 1.82) is 0 Å². The number of fused-ring (bicyclic) bond motifs is 6. The fourth-order valence-corrected chi connectivity index (χ4v) is 18.5. The number of hydrogen-bond acceptors (Lipinski definition) is 19. The van der Waals surface area contributed by atoms with Crippen molar-refractivity contribution >= 4 is 141 Å². The van der Waals surface area contributed by atoms with Gasteiger partial charge in [-0.2, -0.15) is 0 Å². The Morgan fingerprint density at radius 2 is 0.983 bits per heavy atom. The van der Waals surface area contributed by atoms with Gasteiger partial charge in [0, 0.05) is 109 Å². The third-order valence-corrected chi connectivity index (χ3v) is 24.5. The average molecular weight is 1680 g/mol. The number of anilines is 3. The molecule has 0 radical (unpaired) electrons. The normalized spacial score (nSPS) is 17.4.